The van der Waals surface area contributed by atoms with Gasteiger partial charge in [-0.05, 0) is 0 Å². The lowest BCUT2D eigenvalue weighted by molar-refractivity contribution is 2.03. The van der Waals surface area contributed by atoms with E-state index in [9.17, 15) is 0 Å². The second-order valence-electron chi connectivity index (χ2n) is 1.17. The van der Waals surface area contributed by atoms with Crippen LogP contribution in [0.5, 0.6) is 0 Å². The van der Waals surface area contributed by atoms with Crippen molar-refractivity contribution in [2.24, 2.45) is 0 Å². The molecule has 0 aliphatic rings. The maximum atomic E-state index is 3.33. The Kier molecular flexibility index (Phi) is 0.841. The van der Waals surface area contributed by atoms with E-state index in [1.165, 1.54) is 0 Å². The Bertz CT molecular complexity index is 107. The lowest BCUT2D eigenvalue weighted by Gasteiger charge is -1.77. The van der Waals surface area contributed by atoms with Crippen LogP contribution in [0, 0.1) is 0 Å². The highest BCUT2D eigenvalue weighted by molar-refractivity contribution is 6.32. The van der Waals surface area contributed by atoms with Crippen molar-refractivity contribution < 1.29 is 0 Å². The van der Waals surface area contributed by atoms with Crippen LogP contribution in [0.25, 0.3) is 0 Å². The van der Waals surface area contributed by atoms with Crippen LogP contribution in [-0.4, -0.2) is 10.2 Å². The minimum Gasteiger partial charge on any atom is -0.215 e. The molecule has 0 saturated heterocycles. The summed E-state index contributed by atoms with van der Waals surface area (Å²) < 4.78 is 0. The Morgan fingerprint density at radius 3 is 2.67 bits per heavy atom. The summed E-state index contributed by atoms with van der Waals surface area (Å²) in [4.78, 5) is 0. The Morgan fingerprint density at radius 2 is 2.50 bits per heavy atom. The molecule has 0 aliphatic carbocycles. The summed E-state index contributed by atoms with van der Waals surface area (Å²) in [6.07, 6.45) is 0. The van der Waals surface area contributed by atoms with Crippen LogP contribution < -0.4 is 5.19 Å². The van der Waals surface area contributed by atoms with Crippen LogP contribution in [0.3, 0.4) is 0 Å². The van der Waals surface area contributed by atoms with Crippen LogP contribution in [-0.2, 0) is 0 Å². The molecule has 0 bridgehead atoms. The highest BCUT2D eigenvalue weighted by Gasteiger charge is 1.62. The number of rotatable bonds is 0. The molecule has 0 atom stereocenters. The monoisotopic (exact) mass is 92.0 g/mol. The first-order valence-corrected chi connectivity index (χ1v) is 2.33. The molecular formula is C5H4Si-. The third-order valence-electron chi connectivity index (χ3n) is 0.663. The van der Waals surface area contributed by atoms with E-state index in [1.807, 2.05) is 24.3 Å². The van der Waals surface area contributed by atoms with E-state index >= 15 is 0 Å². The van der Waals surface area contributed by atoms with Gasteiger partial charge in [0.25, 0.3) is 0 Å². The fraction of sp³-hybridized carbons (Fsp3) is 0. The molecular weight excluding hydrogens is 88.1 g/mol. The number of hydrogen-bond acceptors (Lipinski definition) is 0. The topological polar surface area (TPSA) is 0 Å². The lowest BCUT2D eigenvalue weighted by Crippen LogP contribution is -1.92. The van der Waals surface area contributed by atoms with E-state index in [-0.39, 0.29) is 0 Å². The molecule has 1 aromatic rings. The van der Waals surface area contributed by atoms with Gasteiger partial charge in [-0.3, -0.25) is 0 Å². The second-order valence-corrected chi connectivity index (χ2v) is 1.75. The fourth-order valence-corrected chi connectivity index (χ4v) is 0.566. The first-order valence-electron chi connectivity index (χ1n) is 1.83. The molecule has 0 heterocycles. The van der Waals surface area contributed by atoms with E-state index in [0.29, 0.717) is 0 Å². The molecule has 1 heteroatoms. The highest BCUT2D eigenvalue weighted by atomic mass is 28.1. The van der Waals surface area contributed by atoms with Crippen molar-refractivity contribution in [1.29, 1.82) is 0 Å². The van der Waals surface area contributed by atoms with Crippen LogP contribution in [0.15, 0.2) is 24.3 Å². The quantitative estimate of drug-likeness (QED) is 0.317. The Morgan fingerprint density at radius 1 is 1.67 bits per heavy atom. The summed E-state index contributed by atoms with van der Waals surface area (Å²) in [5, 5.41) is 1.15. The summed E-state index contributed by atoms with van der Waals surface area (Å²) in [5.74, 6) is 0. The molecule has 1 rings (SSSR count). The standard InChI is InChI=1S/C5H4Si/c6-5-3-1-2-4-5/h1-4H/q-1. The molecule has 0 N–H and O–H groups in total. The van der Waals surface area contributed by atoms with Crippen LogP contribution in [0.1, 0.15) is 0 Å². The molecule has 0 unspecified atom stereocenters. The predicted molar refractivity (Wildman–Crippen MR) is 27.4 cm³/mol. The largest absolute Gasteiger partial charge is 0.215 e. The first kappa shape index (κ1) is 3.75. The molecule has 0 aromatic heterocycles. The Labute approximate surface area is 40.6 Å². The molecule has 0 nitrogen and oxygen atoms in total. The maximum absolute atomic E-state index is 3.33. The van der Waals surface area contributed by atoms with E-state index in [1.54, 1.807) is 0 Å². The van der Waals surface area contributed by atoms with Gasteiger partial charge in [0.2, 0.25) is 0 Å². The van der Waals surface area contributed by atoms with Crippen LogP contribution in [0.4, 0.5) is 0 Å². The fourth-order valence-electron chi connectivity index (χ4n) is 0.374. The van der Waals surface area contributed by atoms with Gasteiger partial charge in [0.15, 0.2) is 0 Å². The van der Waals surface area contributed by atoms with Crippen LogP contribution in [0.2, 0.25) is 0 Å². The summed E-state index contributed by atoms with van der Waals surface area (Å²) in [6.45, 7) is 0. The smallest absolute Gasteiger partial charge is 0.0368 e. The Balaban J connectivity index is 3.05. The van der Waals surface area contributed by atoms with E-state index in [0.717, 1.165) is 5.19 Å². The second kappa shape index (κ2) is 1.35. The number of hydrogen-bond donors (Lipinski definition) is 0. The zero-order chi connectivity index (χ0) is 4.41. The molecule has 0 spiro atoms. The van der Waals surface area contributed by atoms with Gasteiger partial charge >= 0.3 is 0 Å². The summed E-state index contributed by atoms with van der Waals surface area (Å²) in [5.41, 5.74) is 0. The third kappa shape index (κ3) is 0.545. The van der Waals surface area contributed by atoms with Crippen molar-refractivity contribution in [3.05, 3.63) is 24.3 Å². The van der Waals surface area contributed by atoms with Crippen molar-refractivity contribution >= 4 is 15.4 Å². The summed E-state index contributed by atoms with van der Waals surface area (Å²) >= 11 is 0. The average Bonchev–Trinajstić information content (AvgIpc) is 1.86. The lowest BCUT2D eigenvalue weighted by atomic mass is 10.7. The molecule has 0 saturated carbocycles. The summed E-state index contributed by atoms with van der Waals surface area (Å²) in [6, 6.07) is 7.97. The van der Waals surface area contributed by atoms with Crippen molar-refractivity contribution in [3.63, 3.8) is 0 Å². The van der Waals surface area contributed by atoms with E-state index < -0.39 is 0 Å². The van der Waals surface area contributed by atoms with Gasteiger partial charge in [0.1, 0.15) is 0 Å². The van der Waals surface area contributed by atoms with Crippen molar-refractivity contribution in [2.75, 3.05) is 0 Å². The SMILES string of the molecule is [Si]c1ccc[cH-]1. The van der Waals surface area contributed by atoms with Gasteiger partial charge in [-0.2, -0.15) is 17.3 Å². The third-order valence-corrected chi connectivity index (χ3v) is 0.996. The van der Waals surface area contributed by atoms with Gasteiger partial charge in [-0.25, -0.2) is 12.1 Å². The van der Waals surface area contributed by atoms with Crippen molar-refractivity contribution in [1.82, 2.24) is 0 Å². The molecule has 0 amide bonds. The van der Waals surface area contributed by atoms with E-state index in [2.05, 4.69) is 10.2 Å². The molecule has 6 heavy (non-hydrogen) atoms. The Hall–Kier alpha value is -0.433. The predicted octanol–water partition coefficient (Wildman–Crippen LogP) is 0.199. The van der Waals surface area contributed by atoms with Gasteiger partial charge in [-0.1, -0.05) is 0 Å². The highest BCUT2D eigenvalue weighted by Crippen LogP contribution is 1.75. The molecule has 29 valence electrons. The van der Waals surface area contributed by atoms with Crippen molar-refractivity contribution in [3.8, 4) is 0 Å². The van der Waals surface area contributed by atoms with E-state index in [4.69, 9.17) is 0 Å². The van der Waals surface area contributed by atoms with Gasteiger partial charge in [0, 0.05) is 10.2 Å². The average molecular weight is 92.2 g/mol. The maximum Gasteiger partial charge on any atom is 0.0368 e. The van der Waals surface area contributed by atoms with Crippen LogP contribution >= 0.6 is 0 Å². The van der Waals surface area contributed by atoms with Gasteiger partial charge < -0.3 is 0 Å². The minimum atomic E-state index is 1.15. The summed E-state index contributed by atoms with van der Waals surface area (Å²) in [7, 11) is 3.33. The van der Waals surface area contributed by atoms with Crippen molar-refractivity contribution in [2.45, 2.75) is 0 Å². The molecule has 0 fully saturated rings. The molecule has 1 aromatic carbocycles. The van der Waals surface area contributed by atoms with Gasteiger partial charge in [-0.15, -0.1) is 0 Å². The zero-order valence-electron chi connectivity index (χ0n) is 3.31. The van der Waals surface area contributed by atoms with Gasteiger partial charge in [0.05, 0.1) is 0 Å². The molecule has 3 radical (unpaired) electrons. The molecule has 0 aliphatic heterocycles. The normalized spacial score (nSPS) is 8.83. The minimum absolute atomic E-state index is 1.15. The zero-order valence-corrected chi connectivity index (χ0v) is 4.31. The first-order chi connectivity index (χ1) is 2.89.